The molecule has 0 radical (unpaired) electrons. The van der Waals surface area contributed by atoms with Crippen molar-refractivity contribution in [2.75, 3.05) is 0 Å². The molecule has 3 aromatic rings. The SMILES string of the molecule is O=C(O)Cc1c[nH]c2ccc(-c3c(F)c(F)c(F)c(F)c3F)c(F)c12. The van der Waals surface area contributed by atoms with Crippen LogP contribution < -0.4 is 0 Å². The van der Waals surface area contributed by atoms with Crippen molar-refractivity contribution < 1.29 is 36.2 Å². The molecule has 130 valence electrons. The molecule has 0 spiro atoms. The topological polar surface area (TPSA) is 53.1 Å². The van der Waals surface area contributed by atoms with E-state index in [0.717, 1.165) is 12.1 Å². The first-order chi connectivity index (χ1) is 11.7. The molecule has 3 nitrogen and oxygen atoms in total. The van der Waals surface area contributed by atoms with Gasteiger partial charge in [-0.05, 0) is 17.7 Å². The number of H-pyrrole nitrogens is 1. The van der Waals surface area contributed by atoms with Gasteiger partial charge in [0.2, 0.25) is 5.82 Å². The smallest absolute Gasteiger partial charge is 0.307 e. The summed E-state index contributed by atoms with van der Waals surface area (Å²) in [5.41, 5.74) is -2.21. The zero-order valence-electron chi connectivity index (χ0n) is 12.1. The van der Waals surface area contributed by atoms with Gasteiger partial charge in [0.15, 0.2) is 23.3 Å². The minimum absolute atomic E-state index is 0.0364. The number of carboxylic acids is 1. The summed E-state index contributed by atoms with van der Waals surface area (Å²) in [6, 6.07) is 1.99. The Kier molecular flexibility index (Phi) is 3.94. The number of aromatic amines is 1. The minimum atomic E-state index is -2.35. The Morgan fingerprint density at radius 2 is 1.44 bits per heavy atom. The molecule has 1 heterocycles. The maximum Gasteiger partial charge on any atom is 0.307 e. The summed E-state index contributed by atoms with van der Waals surface area (Å²) in [5, 5.41) is 8.51. The van der Waals surface area contributed by atoms with E-state index in [1.807, 2.05) is 0 Å². The number of fused-ring (bicyclic) bond motifs is 1. The number of nitrogens with one attached hydrogen (secondary N) is 1. The lowest BCUT2D eigenvalue weighted by Gasteiger charge is -2.10. The molecule has 0 unspecified atom stereocenters. The van der Waals surface area contributed by atoms with Crippen molar-refractivity contribution in [3.8, 4) is 11.1 Å². The Labute approximate surface area is 135 Å². The molecule has 0 bridgehead atoms. The predicted octanol–water partition coefficient (Wildman–Crippen LogP) is 4.30. The van der Waals surface area contributed by atoms with Crippen LogP contribution in [-0.4, -0.2) is 16.1 Å². The van der Waals surface area contributed by atoms with Gasteiger partial charge in [0.1, 0.15) is 5.82 Å². The summed E-state index contributed by atoms with van der Waals surface area (Å²) < 4.78 is 82.4. The highest BCUT2D eigenvalue weighted by atomic mass is 19.2. The summed E-state index contributed by atoms with van der Waals surface area (Å²) in [5.74, 6) is -13.7. The molecule has 9 heteroatoms. The maximum absolute atomic E-state index is 14.7. The largest absolute Gasteiger partial charge is 0.481 e. The standard InChI is InChI=1S/C16H7F6NO2/c17-11-6(10-12(18)14(20)16(22)15(21)13(10)19)1-2-7-9(11)5(4-23-7)3-8(24)25/h1-2,4,23H,3H2,(H,24,25). The average molecular weight is 359 g/mol. The number of halogens is 6. The lowest BCUT2D eigenvalue weighted by atomic mass is 9.99. The van der Waals surface area contributed by atoms with Crippen molar-refractivity contribution in [1.29, 1.82) is 0 Å². The van der Waals surface area contributed by atoms with Gasteiger partial charge in [-0.1, -0.05) is 0 Å². The van der Waals surface area contributed by atoms with Crippen molar-refractivity contribution in [2.24, 2.45) is 0 Å². The zero-order chi connectivity index (χ0) is 18.5. The van der Waals surface area contributed by atoms with E-state index < -0.39 is 58.4 Å². The molecule has 0 aliphatic heterocycles. The van der Waals surface area contributed by atoms with E-state index in [0.29, 0.717) is 0 Å². The van der Waals surface area contributed by atoms with Gasteiger partial charge in [-0.25, -0.2) is 26.3 Å². The van der Waals surface area contributed by atoms with Crippen molar-refractivity contribution in [3.63, 3.8) is 0 Å². The van der Waals surface area contributed by atoms with Gasteiger partial charge in [0.05, 0.1) is 12.0 Å². The molecule has 0 atom stereocenters. The number of carboxylic acid groups (broad SMARTS) is 1. The van der Waals surface area contributed by atoms with Crippen molar-refractivity contribution in [1.82, 2.24) is 4.98 Å². The van der Waals surface area contributed by atoms with Crippen molar-refractivity contribution in [2.45, 2.75) is 6.42 Å². The fourth-order valence-corrected chi connectivity index (χ4v) is 2.58. The highest BCUT2D eigenvalue weighted by molar-refractivity contribution is 5.91. The highest BCUT2D eigenvalue weighted by Crippen LogP contribution is 2.36. The lowest BCUT2D eigenvalue weighted by Crippen LogP contribution is -2.05. The third kappa shape index (κ3) is 2.51. The quantitative estimate of drug-likeness (QED) is 0.416. The van der Waals surface area contributed by atoms with Gasteiger partial charge in [-0.15, -0.1) is 0 Å². The molecule has 2 aromatic carbocycles. The van der Waals surface area contributed by atoms with Crippen LogP contribution in [0.4, 0.5) is 26.3 Å². The van der Waals surface area contributed by atoms with Gasteiger partial charge >= 0.3 is 5.97 Å². The summed E-state index contributed by atoms with van der Waals surface area (Å²) in [7, 11) is 0. The lowest BCUT2D eigenvalue weighted by molar-refractivity contribution is -0.136. The second-order valence-electron chi connectivity index (χ2n) is 5.18. The van der Waals surface area contributed by atoms with Gasteiger partial charge in [-0.2, -0.15) is 0 Å². The molecule has 0 aliphatic carbocycles. The summed E-state index contributed by atoms with van der Waals surface area (Å²) in [6.07, 6.45) is 0.585. The van der Waals surface area contributed by atoms with Gasteiger partial charge in [0.25, 0.3) is 0 Å². The van der Waals surface area contributed by atoms with Crippen LogP contribution in [0, 0.1) is 34.9 Å². The van der Waals surface area contributed by atoms with Gasteiger partial charge in [-0.3, -0.25) is 4.79 Å². The number of aromatic nitrogens is 1. The van der Waals surface area contributed by atoms with Crippen molar-refractivity contribution in [3.05, 3.63) is 58.8 Å². The second-order valence-corrected chi connectivity index (χ2v) is 5.18. The highest BCUT2D eigenvalue weighted by Gasteiger charge is 2.29. The molecule has 25 heavy (non-hydrogen) atoms. The summed E-state index contributed by atoms with van der Waals surface area (Å²) in [4.78, 5) is 13.4. The van der Waals surface area contributed by atoms with E-state index in [1.165, 1.54) is 6.20 Å². The van der Waals surface area contributed by atoms with E-state index in [2.05, 4.69) is 4.98 Å². The molecule has 0 fully saturated rings. The molecular weight excluding hydrogens is 352 g/mol. The average Bonchev–Trinajstić information content (AvgIpc) is 2.96. The minimum Gasteiger partial charge on any atom is -0.481 e. The van der Waals surface area contributed by atoms with Crippen LogP contribution in [-0.2, 0) is 11.2 Å². The molecule has 0 saturated heterocycles. The fourth-order valence-electron chi connectivity index (χ4n) is 2.58. The number of hydrogen-bond donors (Lipinski definition) is 2. The Morgan fingerprint density at radius 1 is 0.880 bits per heavy atom. The number of carbonyl (C=O) groups is 1. The number of rotatable bonds is 3. The van der Waals surface area contributed by atoms with E-state index >= 15 is 0 Å². The van der Waals surface area contributed by atoms with Gasteiger partial charge < -0.3 is 10.1 Å². The normalized spacial score (nSPS) is 11.3. The molecule has 0 aliphatic rings. The third-order valence-corrected chi connectivity index (χ3v) is 3.69. The Morgan fingerprint density at radius 3 is 2.00 bits per heavy atom. The van der Waals surface area contributed by atoms with Crippen LogP contribution in [0.15, 0.2) is 18.3 Å². The van der Waals surface area contributed by atoms with Crippen LogP contribution >= 0.6 is 0 Å². The van der Waals surface area contributed by atoms with Crippen LogP contribution in [0.5, 0.6) is 0 Å². The van der Waals surface area contributed by atoms with Crippen LogP contribution in [0.3, 0.4) is 0 Å². The molecule has 3 rings (SSSR count). The Bertz CT molecular complexity index is 998. The van der Waals surface area contributed by atoms with Crippen LogP contribution in [0.1, 0.15) is 5.56 Å². The molecule has 0 saturated carbocycles. The first-order valence-electron chi connectivity index (χ1n) is 6.76. The molecule has 2 N–H and O–H groups in total. The van der Waals surface area contributed by atoms with Crippen LogP contribution in [0.2, 0.25) is 0 Å². The molecule has 0 amide bonds. The van der Waals surface area contributed by atoms with Gasteiger partial charge in [0, 0.05) is 22.7 Å². The maximum atomic E-state index is 14.7. The van der Waals surface area contributed by atoms with E-state index in [-0.39, 0.29) is 16.5 Å². The van der Waals surface area contributed by atoms with Crippen molar-refractivity contribution >= 4 is 16.9 Å². The summed E-state index contributed by atoms with van der Waals surface area (Å²) >= 11 is 0. The number of aliphatic carboxylic acids is 1. The third-order valence-electron chi connectivity index (χ3n) is 3.69. The summed E-state index contributed by atoms with van der Waals surface area (Å²) in [6.45, 7) is 0. The van der Waals surface area contributed by atoms with E-state index in [1.54, 1.807) is 0 Å². The predicted molar refractivity (Wildman–Crippen MR) is 74.8 cm³/mol. The second kappa shape index (κ2) is 5.83. The Hall–Kier alpha value is -2.97. The monoisotopic (exact) mass is 359 g/mol. The number of benzene rings is 2. The first kappa shape index (κ1) is 16.9. The van der Waals surface area contributed by atoms with Crippen LogP contribution in [0.25, 0.3) is 22.0 Å². The number of hydrogen-bond acceptors (Lipinski definition) is 1. The molecule has 1 aromatic heterocycles. The Balaban J connectivity index is 2.35. The van der Waals surface area contributed by atoms with E-state index in [4.69, 9.17) is 5.11 Å². The molecular formula is C16H7F6NO2. The first-order valence-corrected chi connectivity index (χ1v) is 6.76. The van der Waals surface area contributed by atoms with E-state index in [9.17, 15) is 31.1 Å². The zero-order valence-corrected chi connectivity index (χ0v) is 12.1. The fraction of sp³-hybridized carbons (Fsp3) is 0.0625.